The predicted octanol–water partition coefficient (Wildman–Crippen LogP) is -0.441. The predicted molar refractivity (Wildman–Crippen MR) is 39.2 cm³/mol. The molecule has 1 aromatic carbocycles. The highest BCUT2D eigenvalue weighted by molar-refractivity contribution is 5.82. The standard InChI is InChI=1S/C7H6N2O2/c10-8-5-6-3-1-2-4-7(6)9(8)11/h1-5,9H. The lowest BCUT2D eigenvalue weighted by Gasteiger charge is -2.11. The van der Waals surface area contributed by atoms with Gasteiger partial charge in [-0.2, -0.15) is 0 Å². The molecule has 0 radical (unpaired) electrons. The van der Waals surface area contributed by atoms with Crippen LogP contribution in [0.3, 0.4) is 0 Å². The van der Waals surface area contributed by atoms with E-state index in [-0.39, 0.29) is 0 Å². The van der Waals surface area contributed by atoms with Crippen molar-refractivity contribution in [3.63, 3.8) is 0 Å². The smallest absolute Gasteiger partial charge is 0.253 e. The lowest BCUT2D eigenvalue weighted by Crippen LogP contribution is -3.04. The molecular formula is C7H6N2O2. The molecule has 0 saturated heterocycles. The number of hydrogen-bond donors (Lipinski definition) is 1. The minimum atomic E-state index is -0.472. The first-order chi connectivity index (χ1) is 5.29. The lowest BCUT2D eigenvalue weighted by atomic mass is 10.2. The molecule has 1 unspecified atom stereocenters. The minimum Gasteiger partial charge on any atom is -0.570 e. The summed E-state index contributed by atoms with van der Waals surface area (Å²) in [5.41, 5.74) is 1.19. The number of fused-ring (bicyclic) bond motifs is 1. The molecule has 0 aliphatic carbocycles. The molecule has 2 rings (SSSR count). The summed E-state index contributed by atoms with van der Waals surface area (Å²) in [6.07, 6.45) is 1.29. The molecule has 1 heterocycles. The van der Waals surface area contributed by atoms with E-state index in [4.69, 9.17) is 0 Å². The third-order valence-corrected chi connectivity index (χ3v) is 1.65. The van der Waals surface area contributed by atoms with E-state index in [2.05, 4.69) is 0 Å². The van der Waals surface area contributed by atoms with Gasteiger partial charge in [-0.1, -0.05) is 17.3 Å². The van der Waals surface area contributed by atoms with Gasteiger partial charge in [-0.25, -0.2) is 0 Å². The van der Waals surface area contributed by atoms with Crippen molar-refractivity contribution in [3.05, 3.63) is 40.2 Å². The number of benzene rings is 1. The van der Waals surface area contributed by atoms with Crippen molar-refractivity contribution in [2.24, 2.45) is 0 Å². The van der Waals surface area contributed by atoms with Crippen LogP contribution in [0.25, 0.3) is 0 Å². The number of nitrogens with one attached hydrogen (secondary N) is 1. The van der Waals surface area contributed by atoms with Gasteiger partial charge in [0.2, 0.25) is 5.69 Å². The maximum absolute atomic E-state index is 11.0. The van der Waals surface area contributed by atoms with Gasteiger partial charge in [-0.15, -0.1) is 0 Å². The van der Waals surface area contributed by atoms with Crippen molar-refractivity contribution in [2.75, 3.05) is 0 Å². The van der Waals surface area contributed by atoms with Crippen LogP contribution < -0.4 is 5.17 Å². The second-order valence-corrected chi connectivity index (χ2v) is 2.35. The highest BCUT2D eigenvalue weighted by Gasteiger charge is 2.22. The third-order valence-electron chi connectivity index (χ3n) is 1.65. The average Bonchev–Trinajstić information content (AvgIpc) is 2.30. The summed E-state index contributed by atoms with van der Waals surface area (Å²) in [7, 11) is 0. The van der Waals surface area contributed by atoms with Gasteiger partial charge in [-0.3, -0.25) is 0 Å². The normalized spacial score (nSPS) is 21.2. The van der Waals surface area contributed by atoms with Crippen molar-refractivity contribution in [2.45, 2.75) is 0 Å². The molecule has 1 aromatic rings. The number of nitrogens with zero attached hydrogens (tertiary/aromatic N) is 1. The van der Waals surface area contributed by atoms with E-state index in [1.54, 1.807) is 24.3 Å². The molecule has 11 heavy (non-hydrogen) atoms. The van der Waals surface area contributed by atoms with E-state index in [0.29, 0.717) is 16.1 Å². The minimum absolute atomic E-state index is 0.352. The molecule has 0 spiro atoms. The first kappa shape index (κ1) is 6.33. The van der Waals surface area contributed by atoms with Gasteiger partial charge in [0, 0.05) is 6.07 Å². The monoisotopic (exact) mass is 150 g/mol. The van der Waals surface area contributed by atoms with E-state index in [1.807, 2.05) is 0 Å². The zero-order chi connectivity index (χ0) is 7.84. The molecule has 1 aliphatic rings. The van der Waals surface area contributed by atoms with Crippen molar-refractivity contribution in [3.8, 4) is 0 Å². The second-order valence-electron chi connectivity index (χ2n) is 2.35. The zero-order valence-electron chi connectivity index (χ0n) is 5.65. The molecule has 0 bridgehead atoms. The second kappa shape index (κ2) is 2.05. The Balaban J connectivity index is 2.58. The zero-order valence-corrected chi connectivity index (χ0v) is 5.65. The fourth-order valence-electron chi connectivity index (χ4n) is 1.11. The van der Waals surface area contributed by atoms with Crippen LogP contribution >= 0.6 is 0 Å². The Morgan fingerprint density at radius 2 is 2.00 bits per heavy atom. The van der Waals surface area contributed by atoms with Gasteiger partial charge in [0.15, 0.2) is 0 Å². The van der Waals surface area contributed by atoms with Gasteiger partial charge >= 0.3 is 0 Å². The van der Waals surface area contributed by atoms with Crippen molar-refractivity contribution >= 4 is 11.9 Å². The Morgan fingerprint density at radius 1 is 1.27 bits per heavy atom. The lowest BCUT2D eigenvalue weighted by molar-refractivity contribution is -1.24. The molecule has 1 aliphatic heterocycles. The molecule has 0 amide bonds. The summed E-state index contributed by atoms with van der Waals surface area (Å²) in [5.74, 6) is 0. The molecule has 56 valence electrons. The Kier molecular flexibility index (Phi) is 1.18. The van der Waals surface area contributed by atoms with Crippen molar-refractivity contribution < 1.29 is 10.0 Å². The topological polar surface area (TPSA) is 53.6 Å². The maximum Gasteiger partial charge on any atom is 0.253 e. The Bertz CT molecular complexity index is 322. The van der Waals surface area contributed by atoms with Crippen LogP contribution in [0.5, 0.6) is 0 Å². The van der Waals surface area contributed by atoms with E-state index < -0.39 is 5.17 Å². The van der Waals surface area contributed by atoms with Crippen LogP contribution in [0.15, 0.2) is 24.3 Å². The Hall–Kier alpha value is -1.39. The number of quaternary nitrogens is 1. The largest absolute Gasteiger partial charge is 0.570 e. The fourth-order valence-corrected chi connectivity index (χ4v) is 1.11. The average molecular weight is 150 g/mol. The van der Waals surface area contributed by atoms with E-state index in [9.17, 15) is 10.4 Å². The molecule has 0 saturated carbocycles. The van der Waals surface area contributed by atoms with Crippen LogP contribution in [0, 0.1) is 10.4 Å². The summed E-state index contributed by atoms with van der Waals surface area (Å²) in [5, 5.41) is 21.2. The molecule has 1 atom stereocenters. The van der Waals surface area contributed by atoms with Crippen molar-refractivity contribution in [1.82, 2.24) is 0 Å². The fraction of sp³-hybridized carbons (Fsp3) is 0. The Morgan fingerprint density at radius 3 is 2.73 bits per heavy atom. The summed E-state index contributed by atoms with van der Waals surface area (Å²) >= 11 is 0. The SMILES string of the molecule is [O-][N+]1=Cc2ccccc2[NH+]1[O-]. The number of hydrogen-bond acceptors (Lipinski definition) is 2. The van der Waals surface area contributed by atoms with Gasteiger partial charge in [0.05, 0.1) is 0 Å². The third kappa shape index (κ3) is 0.806. The van der Waals surface area contributed by atoms with Gasteiger partial charge < -0.3 is 10.4 Å². The molecule has 4 heteroatoms. The van der Waals surface area contributed by atoms with E-state index in [0.717, 1.165) is 0 Å². The van der Waals surface area contributed by atoms with Crippen molar-refractivity contribution in [1.29, 1.82) is 0 Å². The first-order valence-electron chi connectivity index (χ1n) is 3.23. The first-order valence-corrected chi connectivity index (χ1v) is 3.23. The van der Waals surface area contributed by atoms with Crippen LogP contribution in [0.4, 0.5) is 5.69 Å². The quantitative estimate of drug-likeness (QED) is 0.402. The maximum atomic E-state index is 11.0. The summed E-state index contributed by atoms with van der Waals surface area (Å²) in [6.45, 7) is 0. The summed E-state index contributed by atoms with van der Waals surface area (Å²) in [4.78, 5) is 0.352. The molecule has 1 N–H and O–H groups in total. The molecule has 4 nitrogen and oxygen atoms in total. The molecule has 0 aromatic heterocycles. The van der Waals surface area contributed by atoms with Crippen LogP contribution in [-0.2, 0) is 0 Å². The van der Waals surface area contributed by atoms with Gasteiger partial charge in [-0.05, 0) is 10.9 Å². The van der Waals surface area contributed by atoms with Gasteiger partial charge in [0.1, 0.15) is 5.56 Å². The summed E-state index contributed by atoms with van der Waals surface area (Å²) < 4.78 is 0. The van der Waals surface area contributed by atoms with Crippen LogP contribution in [0.1, 0.15) is 5.56 Å². The summed E-state index contributed by atoms with van der Waals surface area (Å²) in [6, 6.07) is 6.92. The Labute approximate surface area is 63.1 Å². The molecular weight excluding hydrogens is 144 g/mol. The van der Waals surface area contributed by atoms with E-state index in [1.165, 1.54) is 6.21 Å². The van der Waals surface area contributed by atoms with Crippen LogP contribution in [0.2, 0.25) is 0 Å². The highest BCUT2D eigenvalue weighted by atomic mass is 16.7. The highest BCUT2D eigenvalue weighted by Crippen LogP contribution is 2.09. The van der Waals surface area contributed by atoms with E-state index >= 15 is 0 Å². The van der Waals surface area contributed by atoms with Gasteiger partial charge in [0.25, 0.3) is 6.21 Å². The molecule has 0 fully saturated rings. The van der Waals surface area contributed by atoms with Crippen LogP contribution in [-0.4, -0.2) is 11.1 Å². The number of rotatable bonds is 0.